The van der Waals surface area contributed by atoms with Crippen molar-refractivity contribution in [3.63, 3.8) is 0 Å². The number of carbonyl (C=O) groups excluding carboxylic acids is 4. The van der Waals surface area contributed by atoms with Gasteiger partial charge in [0.05, 0.1) is 26.4 Å². The molecule has 8 nitrogen and oxygen atoms in total. The molecule has 2 aromatic rings. The van der Waals surface area contributed by atoms with Gasteiger partial charge >= 0.3 is 23.9 Å². The molecule has 0 aliphatic heterocycles. The smallest absolute Gasteiger partial charge is 0.320 e. The molecule has 2 atom stereocenters. The SMILES string of the molecule is CCOC(=O)C(C(=O)OCC)C(c1ccccc1)C(c1ccccc1)C(C(=O)OCC)C(=O)OCC. The first-order valence-corrected chi connectivity index (χ1v) is 12.2. The van der Waals surface area contributed by atoms with Crippen LogP contribution < -0.4 is 0 Å². The number of ether oxygens (including phenoxy) is 4. The van der Waals surface area contributed by atoms with Gasteiger partial charge in [0.25, 0.3) is 0 Å². The third-order valence-electron chi connectivity index (χ3n) is 5.64. The van der Waals surface area contributed by atoms with Crippen molar-refractivity contribution in [2.75, 3.05) is 26.4 Å². The number of esters is 4. The Morgan fingerprint density at radius 1 is 0.500 bits per heavy atom. The molecule has 2 aromatic carbocycles. The molecule has 0 N–H and O–H groups in total. The zero-order chi connectivity index (χ0) is 26.5. The number of hydrogen-bond donors (Lipinski definition) is 0. The van der Waals surface area contributed by atoms with Crippen LogP contribution in [0, 0.1) is 11.8 Å². The van der Waals surface area contributed by atoms with Gasteiger partial charge < -0.3 is 18.9 Å². The molecule has 8 heteroatoms. The van der Waals surface area contributed by atoms with Gasteiger partial charge in [0.15, 0.2) is 11.8 Å². The lowest BCUT2D eigenvalue weighted by atomic mass is 9.68. The van der Waals surface area contributed by atoms with E-state index in [0.29, 0.717) is 11.1 Å². The standard InChI is InChI=1S/C28H34O8/c1-5-33-25(29)23(26(30)34-6-2)21(19-15-11-9-12-16-19)22(20-17-13-10-14-18-20)24(27(31)35-7-3)28(32)36-8-4/h9-18,21-24H,5-8H2,1-4H3. The van der Waals surface area contributed by atoms with Crippen LogP contribution >= 0.6 is 0 Å². The summed E-state index contributed by atoms with van der Waals surface area (Å²) in [4.78, 5) is 53.1. The van der Waals surface area contributed by atoms with Crippen molar-refractivity contribution in [2.24, 2.45) is 11.8 Å². The molecule has 194 valence electrons. The van der Waals surface area contributed by atoms with Gasteiger partial charge in [-0.25, -0.2) is 0 Å². The predicted molar refractivity (Wildman–Crippen MR) is 132 cm³/mol. The highest BCUT2D eigenvalue weighted by atomic mass is 16.6. The zero-order valence-corrected chi connectivity index (χ0v) is 21.2. The summed E-state index contributed by atoms with van der Waals surface area (Å²) in [6.07, 6.45) is 0. The number of benzene rings is 2. The van der Waals surface area contributed by atoms with Gasteiger partial charge in [-0.2, -0.15) is 0 Å². The van der Waals surface area contributed by atoms with E-state index in [9.17, 15) is 19.2 Å². The van der Waals surface area contributed by atoms with Gasteiger partial charge in [0.2, 0.25) is 0 Å². The molecule has 0 bridgehead atoms. The summed E-state index contributed by atoms with van der Waals surface area (Å²) >= 11 is 0. The minimum absolute atomic E-state index is 0.0332. The number of carbonyl (C=O) groups is 4. The van der Waals surface area contributed by atoms with Gasteiger partial charge in [-0.1, -0.05) is 60.7 Å². The van der Waals surface area contributed by atoms with Crippen LogP contribution in [0.4, 0.5) is 0 Å². The molecule has 36 heavy (non-hydrogen) atoms. The lowest BCUT2D eigenvalue weighted by Gasteiger charge is -2.35. The van der Waals surface area contributed by atoms with Crippen molar-refractivity contribution in [1.29, 1.82) is 0 Å². The van der Waals surface area contributed by atoms with E-state index in [-0.39, 0.29) is 26.4 Å². The summed E-state index contributed by atoms with van der Waals surface area (Å²) < 4.78 is 21.1. The highest BCUT2D eigenvalue weighted by Crippen LogP contribution is 2.45. The van der Waals surface area contributed by atoms with E-state index >= 15 is 0 Å². The van der Waals surface area contributed by atoms with Crippen LogP contribution in [0.2, 0.25) is 0 Å². The Bertz CT molecular complexity index is 872. The van der Waals surface area contributed by atoms with Crippen LogP contribution in [0.25, 0.3) is 0 Å². The van der Waals surface area contributed by atoms with Crippen LogP contribution in [-0.2, 0) is 38.1 Å². The maximum absolute atomic E-state index is 13.3. The Hall–Kier alpha value is -3.68. The van der Waals surface area contributed by atoms with Crippen LogP contribution in [0.1, 0.15) is 50.7 Å². The van der Waals surface area contributed by atoms with Gasteiger partial charge in [-0.15, -0.1) is 0 Å². The molecule has 0 radical (unpaired) electrons. The summed E-state index contributed by atoms with van der Waals surface area (Å²) in [6, 6.07) is 17.5. The third kappa shape index (κ3) is 7.16. The highest BCUT2D eigenvalue weighted by Gasteiger charge is 2.50. The molecule has 0 amide bonds. The largest absolute Gasteiger partial charge is 0.465 e. The summed E-state index contributed by atoms with van der Waals surface area (Å²) in [6.45, 7) is 6.66. The number of rotatable bonds is 13. The fourth-order valence-electron chi connectivity index (χ4n) is 4.27. The molecule has 0 spiro atoms. The van der Waals surface area contributed by atoms with E-state index in [4.69, 9.17) is 18.9 Å². The van der Waals surface area contributed by atoms with E-state index in [1.807, 2.05) is 0 Å². The third-order valence-corrected chi connectivity index (χ3v) is 5.64. The Kier molecular flexibility index (Phi) is 11.6. The van der Waals surface area contributed by atoms with Crippen molar-refractivity contribution in [1.82, 2.24) is 0 Å². The van der Waals surface area contributed by atoms with Gasteiger partial charge in [0, 0.05) is 11.8 Å². The summed E-state index contributed by atoms with van der Waals surface area (Å²) in [5.74, 6) is -8.16. The average Bonchev–Trinajstić information content (AvgIpc) is 2.87. The second kappa shape index (κ2) is 14.7. The molecular formula is C28H34O8. The topological polar surface area (TPSA) is 105 Å². The molecule has 0 saturated carbocycles. The minimum atomic E-state index is -1.45. The number of hydrogen-bond acceptors (Lipinski definition) is 8. The average molecular weight is 499 g/mol. The fourth-order valence-corrected chi connectivity index (χ4v) is 4.27. The van der Waals surface area contributed by atoms with Gasteiger partial charge in [-0.05, 0) is 38.8 Å². The molecule has 0 fully saturated rings. The van der Waals surface area contributed by atoms with Crippen LogP contribution in [-0.4, -0.2) is 50.3 Å². The zero-order valence-electron chi connectivity index (χ0n) is 21.2. The monoisotopic (exact) mass is 498 g/mol. The Morgan fingerprint density at radius 2 is 0.750 bits per heavy atom. The van der Waals surface area contributed by atoms with Crippen molar-refractivity contribution in [3.8, 4) is 0 Å². The van der Waals surface area contributed by atoms with Crippen LogP contribution in [0.15, 0.2) is 60.7 Å². The quantitative estimate of drug-likeness (QED) is 0.232. The maximum Gasteiger partial charge on any atom is 0.320 e. The Morgan fingerprint density at radius 3 is 0.972 bits per heavy atom. The highest BCUT2D eigenvalue weighted by molar-refractivity contribution is 5.99. The Balaban J connectivity index is 2.88. The van der Waals surface area contributed by atoms with E-state index in [1.165, 1.54) is 0 Å². The van der Waals surface area contributed by atoms with Crippen LogP contribution in [0.5, 0.6) is 0 Å². The molecular weight excluding hydrogens is 464 g/mol. The lowest BCUT2D eigenvalue weighted by Crippen LogP contribution is -2.42. The van der Waals surface area contributed by atoms with Crippen molar-refractivity contribution in [3.05, 3.63) is 71.8 Å². The predicted octanol–water partition coefficient (Wildman–Crippen LogP) is 4.04. The molecule has 0 saturated heterocycles. The minimum Gasteiger partial charge on any atom is -0.465 e. The second-order valence-corrected chi connectivity index (χ2v) is 7.84. The molecule has 0 heterocycles. The van der Waals surface area contributed by atoms with Crippen molar-refractivity contribution >= 4 is 23.9 Å². The molecule has 0 aliphatic carbocycles. The van der Waals surface area contributed by atoms with E-state index < -0.39 is 47.5 Å². The van der Waals surface area contributed by atoms with E-state index in [0.717, 1.165) is 0 Å². The molecule has 2 rings (SSSR count). The normalized spacial score (nSPS) is 12.5. The molecule has 2 unspecified atom stereocenters. The first-order chi connectivity index (χ1) is 17.4. The van der Waals surface area contributed by atoms with E-state index in [1.54, 1.807) is 88.4 Å². The molecule has 0 aliphatic rings. The summed E-state index contributed by atoms with van der Waals surface area (Å²) in [5, 5.41) is 0. The first-order valence-electron chi connectivity index (χ1n) is 12.2. The van der Waals surface area contributed by atoms with E-state index in [2.05, 4.69) is 0 Å². The van der Waals surface area contributed by atoms with Crippen molar-refractivity contribution < 1.29 is 38.1 Å². The fraction of sp³-hybridized carbons (Fsp3) is 0.429. The Labute approximate surface area is 211 Å². The van der Waals surface area contributed by atoms with Gasteiger partial charge in [0.1, 0.15) is 0 Å². The van der Waals surface area contributed by atoms with Crippen molar-refractivity contribution in [2.45, 2.75) is 39.5 Å². The maximum atomic E-state index is 13.3. The molecule has 0 aromatic heterocycles. The second-order valence-electron chi connectivity index (χ2n) is 7.84. The lowest BCUT2D eigenvalue weighted by molar-refractivity contribution is -0.169. The summed E-state index contributed by atoms with van der Waals surface area (Å²) in [5.41, 5.74) is 1.10. The summed E-state index contributed by atoms with van der Waals surface area (Å²) in [7, 11) is 0. The van der Waals surface area contributed by atoms with Gasteiger partial charge in [-0.3, -0.25) is 19.2 Å². The first kappa shape index (κ1) is 28.6. The van der Waals surface area contributed by atoms with Crippen LogP contribution in [0.3, 0.4) is 0 Å².